The third-order valence-electron chi connectivity index (χ3n) is 5.49. The molecule has 0 unspecified atom stereocenters. The first-order chi connectivity index (χ1) is 13.8. The third kappa shape index (κ3) is 5.37. The Morgan fingerprint density at radius 2 is 1.43 bits per heavy atom. The maximum Gasteiger partial charge on any atom is 0.141 e. The Morgan fingerprint density at radius 1 is 0.786 bits per heavy atom. The molecule has 28 heavy (non-hydrogen) atoms. The van der Waals surface area contributed by atoms with Crippen LogP contribution in [0.3, 0.4) is 0 Å². The van der Waals surface area contributed by atoms with Crippen molar-refractivity contribution in [2.75, 3.05) is 7.11 Å². The number of aromatic nitrogens is 2. The van der Waals surface area contributed by atoms with E-state index in [1.54, 1.807) is 7.11 Å². The second-order valence-corrected chi connectivity index (χ2v) is 7.63. The second kappa shape index (κ2) is 10.9. The summed E-state index contributed by atoms with van der Waals surface area (Å²) in [4.78, 5) is 4.92. The van der Waals surface area contributed by atoms with Gasteiger partial charge in [-0.1, -0.05) is 70.4 Å². The van der Waals surface area contributed by atoms with Gasteiger partial charge in [-0.25, -0.2) is 4.98 Å². The van der Waals surface area contributed by atoms with Gasteiger partial charge in [-0.3, -0.25) is 0 Å². The zero-order valence-electron chi connectivity index (χ0n) is 17.5. The van der Waals surface area contributed by atoms with Gasteiger partial charge >= 0.3 is 0 Å². The predicted octanol–water partition coefficient (Wildman–Crippen LogP) is 7.24. The molecule has 0 atom stereocenters. The molecule has 0 spiro atoms. The van der Waals surface area contributed by atoms with Gasteiger partial charge in [-0.05, 0) is 42.8 Å². The van der Waals surface area contributed by atoms with Crippen LogP contribution in [0.15, 0.2) is 48.5 Å². The summed E-state index contributed by atoms with van der Waals surface area (Å²) in [5.74, 6) is 1.94. The highest BCUT2D eigenvalue weighted by atomic mass is 16.5. The molecule has 150 valence electrons. The summed E-state index contributed by atoms with van der Waals surface area (Å²) in [5, 5.41) is 0. The van der Waals surface area contributed by atoms with E-state index in [0.29, 0.717) is 0 Å². The fourth-order valence-electron chi connectivity index (χ4n) is 3.84. The van der Waals surface area contributed by atoms with Crippen molar-refractivity contribution < 1.29 is 4.74 Å². The highest BCUT2D eigenvalue weighted by Crippen LogP contribution is 2.27. The Hall–Kier alpha value is -2.29. The molecule has 3 heteroatoms. The van der Waals surface area contributed by atoms with Gasteiger partial charge in [0.2, 0.25) is 0 Å². The molecule has 0 saturated carbocycles. The van der Waals surface area contributed by atoms with Crippen molar-refractivity contribution in [1.29, 1.82) is 0 Å². The number of rotatable bonds is 12. The molecule has 0 amide bonds. The minimum atomic E-state index is 0.880. The van der Waals surface area contributed by atoms with Crippen molar-refractivity contribution in [1.82, 2.24) is 9.55 Å². The maximum atomic E-state index is 5.30. The van der Waals surface area contributed by atoms with Crippen molar-refractivity contribution >= 4 is 11.0 Å². The third-order valence-corrected chi connectivity index (χ3v) is 5.49. The average Bonchev–Trinajstić information content (AvgIpc) is 3.11. The van der Waals surface area contributed by atoms with Crippen LogP contribution in [0.2, 0.25) is 0 Å². The highest BCUT2D eigenvalue weighted by molar-refractivity contribution is 5.80. The van der Waals surface area contributed by atoms with Crippen LogP contribution in [0.4, 0.5) is 0 Å². The van der Waals surface area contributed by atoms with Crippen LogP contribution >= 0.6 is 0 Å². The molecule has 2 aromatic carbocycles. The summed E-state index contributed by atoms with van der Waals surface area (Å²) in [6, 6.07) is 16.7. The van der Waals surface area contributed by atoms with Crippen molar-refractivity contribution in [2.24, 2.45) is 0 Å². The van der Waals surface area contributed by atoms with Gasteiger partial charge in [-0.2, -0.15) is 0 Å². The fourth-order valence-corrected chi connectivity index (χ4v) is 3.84. The van der Waals surface area contributed by atoms with Gasteiger partial charge in [0.25, 0.3) is 0 Å². The number of benzene rings is 2. The Morgan fingerprint density at radius 3 is 2.11 bits per heavy atom. The van der Waals surface area contributed by atoms with Crippen LogP contribution in [0, 0.1) is 0 Å². The molecule has 1 aromatic heterocycles. The van der Waals surface area contributed by atoms with Gasteiger partial charge in [0, 0.05) is 12.1 Å². The summed E-state index contributed by atoms with van der Waals surface area (Å²) in [7, 11) is 1.70. The molecule has 3 nitrogen and oxygen atoms in total. The summed E-state index contributed by atoms with van der Waals surface area (Å²) < 4.78 is 7.69. The number of aryl methyl sites for hydroxylation is 1. The van der Waals surface area contributed by atoms with E-state index in [2.05, 4.69) is 47.9 Å². The molecule has 0 aliphatic rings. The topological polar surface area (TPSA) is 27.1 Å². The average molecular weight is 379 g/mol. The number of fused-ring (bicyclic) bond motifs is 1. The number of ether oxygens (including phenoxy) is 1. The number of nitrogens with zero attached hydrogens (tertiary/aromatic N) is 2. The lowest BCUT2D eigenvalue weighted by Gasteiger charge is -2.10. The lowest BCUT2D eigenvalue weighted by molar-refractivity contribution is 0.415. The molecular formula is C25H34N2O. The number of methoxy groups -OCH3 is 1. The Kier molecular flexibility index (Phi) is 7.95. The summed E-state index contributed by atoms with van der Waals surface area (Å²) in [5.41, 5.74) is 3.45. The Labute approximate surface area is 169 Å². The second-order valence-electron chi connectivity index (χ2n) is 7.63. The molecule has 0 aliphatic heterocycles. The normalized spacial score (nSPS) is 11.2. The summed E-state index contributed by atoms with van der Waals surface area (Å²) in [6.07, 6.45) is 12.1. The molecule has 3 aromatic rings. The first-order valence-corrected chi connectivity index (χ1v) is 10.9. The molecule has 3 rings (SSSR count). The molecule has 0 saturated heterocycles. The van der Waals surface area contributed by atoms with E-state index in [-0.39, 0.29) is 0 Å². The predicted molar refractivity (Wildman–Crippen MR) is 119 cm³/mol. The van der Waals surface area contributed by atoms with Crippen molar-refractivity contribution in [3.63, 3.8) is 0 Å². The van der Waals surface area contributed by atoms with Crippen LogP contribution in [0.1, 0.15) is 64.7 Å². The SMILES string of the molecule is CCCCCCCCCCCn1c(-c2ccc(OC)cc2)nc2ccccc21. The van der Waals surface area contributed by atoms with Crippen LogP contribution in [-0.4, -0.2) is 16.7 Å². The molecule has 0 aliphatic carbocycles. The quantitative estimate of drug-likeness (QED) is 0.310. The van der Waals surface area contributed by atoms with E-state index in [0.717, 1.165) is 29.2 Å². The van der Waals surface area contributed by atoms with Crippen molar-refractivity contribution in [3.05, 3.63) is 48.5 Å². The number of para-hydroxylation sites is 2. The van der Waals surface area contributed by atoms with Crippen LogP contribution in [0.5, 0.6) is 5.75 Å². The van der Waals surface area contributed by atoms with Crippen molar-refractivity contribution in [3.8, 4) is 17.1 Å². The van der Waals surface area contributed by atoms with Gasteiger partial charge in [0.05, 0.1) is 18.1 Å². The highest BCUT2D eigenvalue weighted by Gasteiger charge is 2.12. The fraction of sp³-hybridized carbons (Fsp3) is 0.480. The molecule has 0 radical (unpaired) electrons. The molecular weight excluding hydrogens is 344 g/mol. The number of hydrogen-bond acceptors (Lipinski definition) is 2. The van der Waals surface area contributed by atoms with Gasteiger partial charge in [0.1, 0.15) is 11.6 Å². The monoisotopic (exact) mass is 378 g/mol. The van der Waals surface area contributed by atoms with E-state index >= 15 is 0 Å². The summed E-state index contributed by atoms with van der Waals surface area (Å²) >= 11 is 0. The lowest BCUT2D eigenvalue weighted by Crippen LogP contribution is -2.01. The zero-order chi connectivity index (χ0) is 19.6. The summed E-state index contributed by atoms with van der Waals surface area (Å²) in [6.45, 7) is 3.30. The van der Waals surface area contributed by atoms with Gasteiger partial charge in [-0.15, -0.1) is 0 Å². The molecule has 1 heterocycles. The van der Waals surface area contributed by atoms with E-state index < -0.39 is 0 Å². The first-order valence-electron chi connectivity index (χ1n) is 10.9. The minimum Gasteiger partial charge on any atom is -0.497 e. The number of hydrogen-bond donors (Lipinski definition) is 0. The standard InChI is InChI=1S/C25H34N2O/c1-3-4-5-6-7-8-9-10-13-20-27-24-15-12-11-14-23(24)26-25(27)21-16-18-22(28-2)19-17-21/h11-12,14-19H,3-10,13,20H2,1-2H3. The lowest BCUT2D eigenvalue weighted by atomic mass is 10.1. The number of unbranched alkanes of at least 4 members (excludes halogenated alkanes) is 8. The van der Waals surface area contributed by atoms with Crippen LogP contribution in [0.25, 0.3) is 22.4 Å². The van der Waals surface area contributed by atoms with E-state index in [1.165, 1.54) is 63.3 Å². The largest absolute Gasteiger partial charge is 0.497 e. The van der Waals surface area contributed by atoms with E-state index in [1.807, 2.05) is 12.1 Å². The first kappa shape index (κ1) is 20.4. The molecule has 0 fully saturated rings. The van der Waals surface area contributed by atoms with Gasteiger partial charge in [0.15, 0.2) is 0 Å². The van der Waals surface area contributed by atoms with E-state index in [4.69, 9.17) is 9.72 Å². The Bertz CT molecular complexity index is 835. The zero-order valence-corrected chi connectivity index (χ0v) is 17.5. The minimum absolute atomic E-state index is 0.880. The van der Waals surface area contributed by atoms with Crippen LogP contribution in [-0.2, 0) is 6.54 Å². The molecule has 0 bridgehead atoms. The number of imidazole rings is 1. The maximum absolute atomic E-state index is 5.30. The molecule has 0 N–H and O–H groups in total. The van der Waals surface area contributed by atoms with Crippen molar-refractivity contribution in [2.45, 2.75) is 71.3 Å². The smallest absolute Gasteiger partial charge is 0.141 e. The van der Waals surface area contributed by atoms with Crippen LogP contribution < -0.4 is 4.74 Å². The van der Waals surface area contributed by atoms with E-state index in [9.17, 15) is 0 Å². The van der Waals surface area contributed by atoms with Gasteiger partial charge < -0.3 is 9.30 Å². The Balaban J connectivity index is 1.61.